The number of hydrogen-bond donors (Lipinski definition) is 1. The van der Waals surface area contributed by atoms with Crippen molar-refractivity contribution in [1.29, 1.82) is 0 Å². The van der Waals surface area contributed by atoms with Crippen molar-refractivity contribution in [1.82, 2.24) is 9.80 Å². The van der Waals surface area contributed by atoms with Crippen molar-refractivity contribution in [2.75, 3.05) is 31.9 Å². The molecule has 1 saturated heterocycles. The van der Waals surface area contributed by atoms with Gasteiger partial charge >= 0.3 is 0 Å². The van der Waals surface area contributed by atoms with Crippen molar-refractivity contribution in [3.05, 3.63) is 29.6 Å². The van der Waals surface area contributed by atoms with E-state index >= 15 is 0 Å². The highest BCUT2D eigenvalue weighted by Gasteiger charge is 2.21. The lowest BCUT2D eigenvalue weighted by Crippen LogP contribution is -2.48. The van der Waals surface area contributed by atoms with Crippen molar-refractivity contribution >= 4 is 18.0 Å². The second-order valence-electron chi connectivity index (χ2n) is 4.17. The molecule has 1 aromatic carbocycles. The van der Waals surface area contributed by atoms with Crippen LogP contribution in [0.5, 0.6) is 0 Å². The van der Waals surface area contributed by atoms with Crippen molar-refractivity contribution in [3.63, 3.8) is 0 Å². The van der Waals surface area contributed by atoms with Crippen molar-refractivity contribution in [2.24, 2.45) is 0 Å². The van der Waals surface area contributed by atoms with Crippen LogP contribution in [0.2, 0.25) is 0 Å². The summed E-state index contributed by atoms with van der Waals surface area (Å²) < 4.78 is 13.3. The normalized spacial score (nSPS) is 15.6. The van der Waals surface area contributed by atoms with E-state index < -0.39 is 5.82 Å². The molecule has 1 aromatic rings. The first-order valence-corrected chi connectivity index (χ1v) is 5.65. The summed E-state index contributed by atoms with van der Waals surface area (Å²) in [6.45, 7) is 1.94. The Bertz CT molecular complexity index is 470. The fourth-order valence-electron chi connectivity index (χ4n) is 1.87. The summed E-state index contributed by atoms with van der Waals surface area (Å²) in [5.74, 6) is -0.827. The number of nitrogens with zero attached hydrogens (tertiary/aromatic N) is 2. The van der Waals surface area contributed by atoms with Crippen molar-refractivity contribution in [2.45, 2.75) is 0 Å². The molecule has 0 aromatic heterocycles. The van der Waals surface area contributed by atoms with Crippen LogP contribution in [-0.4, -0.2) is 48.3 Å². The van der Waals surface area contributed by atoms with E-state index in [0.717, 1.165) is 12.5 Å². The molecule has 1 fully saturated rings. The summed E-state index contributed by atoms with van der Waals surface area (Å²) in [6, 6.07) is 4.03. The van der Waals surface area contributed by atoms with Gasteiger partial charge in [0, 0.05) is 31.7 Å². The van der Waals surface area contributed by atoms with E-state index in [-0.39, 0.29) is 17.2 Å². The predicted molar refractivity (Wildman–Crippen MR) is 64.4 cm³/mol. The number of halogens is 1. The Hall–Kier alpha value is -2.11. The van der Waals surface area contributed by atoms with E-state index in [1.54, 1.807) is 9.80 Å². The molecule has 0 aliphatic carbocycles. The third-order valence-electron chi connectivity index (χ3n) is 3.00. The Morgan fingerprint density at radius 2 is 1.94 bits per heavy atom. The topological polar surface area (TPSA) is 66.6 Å². The van der Waals surface area contributed by atoms with Crippen LogP contribution in [0.25, 0.3) is 0 Å². The van der Waals surface area contributed by atoms with Crippen LogP contribution < -0.4 is 5.73 Å². The van der Waals surface area contributed by atoms with E-state index in [0.29, 0.717) is 26.2 Å². The molecule has 0 unspecified atom stereocenters. The number of amides is 2. The lowest BCUT2D eigenvalue weighted by atomic mass is 10.1. The average Bonchev–Trinajstić information content (AvgIpc) is 2.41. The van der Waals surface area contributed by atoms with Gasteiger partial charge in [0.05, 0.1) is 5.69 Å². The Morgan fingerprint density at radius 3 is 2.50 bits per heavy atom. The molecule has 6 heteroatoms. The minimum atomic E-state index is -0.590. The third-order valence-corrected chi connectivity index (χ3v) is 3.00. The molecule has 0 bridgehead atoms. The van der Waals surface area contributed by atoms with Gasteiger partial charge in [-0.3, -0.25) is 9.59 Å². The minimum Gasteiger partial charge on any atom is -0.396 e. The number of hydrogen-bond acceptors (Lipinski definition) is 3. The number of nitrogen functional groups attached to an aromatic ring is 1. The summed E-state index contributed by atoms with van der Waals surface area (Å²) >= 11 is 0. The highest BCUT2D eigenvalue weighted by Crippen LogP contribution is 2.14. The quantitative estimate of drug-likeness (QED) is 0.608. The van der Waals surface area contributed by atoms with Crippen molar-refractivity contribution < 1.29 is 14.0 Å². The smallest absolute Gasteiger partial charge is 0.254 e. The molecular formula is C12H14FN3O2. The summed E-state index contributed by atoms with van der Waals surface area (Å²) in [4.78, 5) is 25.8. The molecule has 0 spiro atoms. The van der Waals surface area contributed by atoms with Gasteiger partial charge in [0.25, 0.3) is 5.91 Å². The molecule has 5 nitrogen and oxygen atoms in total. The SMILES string of the molecule is Nc1ccc(C(=O)N2CCN(C=O)CC2)cc1F. The van der Waals surface area contributed by atoms with Crippen molar-refractivity contribution in [3.8, 4) is 0 Å². The third kappa shape index (κ3) is 2.42. The Labute approximate surface area is 104 Å². The van der Waals surface area contributed by atoms with Crippen LogP contribution >= 0.6 is 0 Å². The van der Waals surface area contributed by atoms with Gasteiger partial charge in [0.2, 0.25) is 6.41 Å². The van der Waals surface area contributed by atoms with Gasteiger partial charge in [0.15, 0.2) is 0 Å². The maximum atomic E-state index is 13.3. The molecule has 96 valence electrons. The molecule has 2 amide bonds. The van der Waals surface area contributed by atoms with Gasteiger partial charge in [-0.15, -0.1) is 0 Å². The number of benzene rings is 1. The van der Waals surface area contributed by atoms with Crippen LogP contribution in [0, 0.1) is 5.82 Å². The molecule has 0 atom stereocenters. The minimum absolute atomic E-state index is 0.0253. The lowest BCUT2D eigenvalue weighted by Gasteiger charge is -2.32. The van der Waals surface area contributed by atoms with Crippen LogP contribution in [0.1, 0.15) is 10.4 Å². The number of carbonyl (C=O) groups is 2. The standard InChI is InChI=1S/C12H14FN3O2/c13-10-7-9(1-2-11(10)14)12(18)16-5-3-15(8-17)4-6-16/h1-2,7-8H,3-6,14H2. The summed E-state index contributed by atoms with van der Waals surface area (Å²) in [5.41, 5.74) is 5.66. The van der Waals surface area contributed by atoms with E-state index in [4.69, 9.17) is 5.73 Å². The average molecular weight is 251 g/mol. The van der Waals surface area contributed by atoms with Gasteiger partial charge < -0.3 is 15.5 Å². The largest absolute Gasteiger partial charge is 0.396 e. The van der Waals surface area contributed by atoms with Gasteiger partial charge in [-0.25, -0.2) is 4.39 Å². The second-order valence-corrected chi connectivity index (χ2v) is 4.17. The molecule has 0 saturated carbocycles. The number of carbonyl (C=O) groups excluding carboxylic acids is 2. The zero-order chi connectivity index (χ0) is 13.1. The molecule has 2 rings (SSSR count). The first-order valence-electron chi connectivity index (χ1n) is 5.65. The number of rotatable bonds is 2. The fraction of sp³-hybridized carbons (Fsp3) is 0.333. The second kappa shape index (κ2) is 5.03. The van der Waals surface area contributed by atoms with Crippen LogP contribution in [0.3, 0.4) is 0 Å². The molecule has 0 radical (unpaired) electrons. The lowest BCUT2D eigenvalue weighted by molar-refractivity contribution is -0.119. The first-order chi connectivity index (χ1) is 8.61. The zero-order valence-corrected chi connectivity index (χ0v) is 9.80. The Kier molecular flexibility index (Phi) is 3.45. The molecule has 2 N–H and O–H groups in total. The van der Waals surface area contributed by atoms with E-state index in [1.165, 1.54) is 12.1 Å². The molecular weight excluding hydrogens is 237 g/mol. The summed E-state index contributed by atoms with van der Waals surface area (Å²) in [5, 5.41) is 0. The van der Waals surface area contributed by atoms with Crippen LogP contribution in [0.4, 0.5) is 10.1 Å². The predicted octanol–water partition coefficient (Wildman–Crippen LogP) is 0.322. The van der Waals surface area contributed by atoms with Gasteiger partial charge in [-0.1, -0.05) is 0 Å². The number of anilines is 1. The van der Waals surface area contributed by atoms with Crippen LogP contribution in [0.15, 0.2) is 18.2 Å². The van der Waals surface area contributed by atoms with Gasteiger partial charge in [-0.2, -0.15) is 0 Å². The number of piperazine rings is 1. The summed E-state index contributed by atoms with van der Waals surface area (Å²) in [6.07, 6.45) is 0.769. The van der Waals surface area contributed by atoms with E-state index in [9.17, 15) is 14.0 Å². The van der Waals surface area contributed by atoms with E-state index in [1.807, 2.05) is 0 Å². The maximum Gasteiger partial charge on any atom is 0.254 e. The molecule has 18 heavy (non-hydrogen) atoms. The Morgan fingerprint density at radius 1 is 1.28 bits per heavy atom. The van der Waals surface area contributed by atoms with Gasteiger partial charge in [-0.05, 0) is 18.2 Å². The summed E-state index contributed by atoms with van der Waals surface area (Å²) in [7, 11) is 0. The molecule has 1 aliphatic rings. The highest BCUT2D eigenvalue weighted by molar-refractivity contribution is 5.94. The van der Waals surface area contributed by atoms with Crippen LogP contribution in [-0.2, 0) is 4.79 Å². The molecule has 1 aliphatic heterocycles. The zero-order valence-electron chi connectivity index (χ0n) is 9.80. The number of nitrogens with two attached hydrogens (primary N) is 1. The Balaban J connectivity index is 2.07. The molecule has 1 heterocycles. The first kappa shape index (κ1) is 12.3. The monoisotopic (exact) mass is 251 g/mol. The van der Waals surface area contributed by atoms with Gasteiger partial charge in [0.1, 0.15) is 5.82 Å². The highest BCUT2D eigenvalue weighted by atomic mass is 19.1. The maximum absolute atomic E-state index is 13.3. The van der Waals surface area contributed by atoms with E-state index in [2.05, 4.69) is 0 Å². The fourth-order valence-corrected chi connectivity index (χ4v) is 1.87.